The maximum Gasteiger partial charge on any atom is 0.310 e. The van der Waals surface area contributed by atoms with Crippen LogP contribution in [-0.2, 0) is 14.3 Å². The van der Waals surface area contributed by atoms with Crippen molar-refractivity contribution in [2.75, 3.05) is 33.9 Å². The second kappa shape index (κ2) is 7.21. The Kier molecular flexibility index (Phi) is 5.54. The van der Waals surface area contributed by atoms with E-state index in [1.807, 2.05) is 7.05 Å². The number of carbonyl (C=O) groups is 1. The Morgan fingerprint density at radius 3 is 2.72 bits per heavy atom. The van der Waals surface area contributed by atoms with E-state index < -0.39 is 0 Å². The van der Waals surface area contributed by atoms with Crippen molar-refractivity contribution in [3.8, 4) is 0 Å². The highest BCUT2D eigenvalue weighted by Crippen LogP contribution is 2.62. The van der Waals surface area contributed by atoms with Crippen molar-refractivity contribution in [1.29, 1.82) is 0 Å². The summed E-state index contributed by atoms with van der Waals surface area (Å²) in [5.41, 5.74) is 0.337. The maximum absolute atomic E-state index is 12.0. The van der Waals surface area contributed by atoms with Gasteiger partial charge in [0.1, 0.15) is 0 Å². The standard InChI is InChI=1S/C18H29N3O3.HI/c1-11-9-21(10-13(11)16(22)23-3)17(19-2)20-14-12-5-8-24-15(12)18(14)6-4-7-18;/h11-15H,4-10H2,1-3H3,(H,19,20);1H. The lowest BCUT2D eigenvalue weighted by molar-refractivity contribution is -0.171. The lowest BCUT2D eigenvalue weighted by Gasteiger charge is -2.63. The smallest absolute Gasteiger partial charge is 0.310 e. The predicted molar refractivity (Wildman–Crippen MR) is 106 cm³/mol. The average molecular weight is 463 g/mol. The van der Waals surface area contributed by atoms with Gasteiger partial charge in [0, 0.05) is 44.1 Å². The van der Waals surface area contributed by atoms with E-state index in [4.69, 9.17) is 9.47 Å². The number of ether oxygens (including phenoxy) is 2. The Hall–Kier alpha value is -0.570. The summed E-state index contributed by atoms with van der Waals surface area (Å²) >= 11 is 0. The summed E-state index contributed by atoms with van der Waals surface area (Å²) in [7, 11) is 3.31. The van der Waals surface area contributed by atoms with Crippen molar-refractivity contribution in [2.45, 2.75) is 44.8 Å². The second-order valence-corrected chi connectivity index (χ2v) is 8.01. The predicted octanol–water partition coefficient (Wildman–Crippen LogP) is 1.88. The van der Waals surface area contributed by atoms with Crippen LogP contribution in [0.25, 0.3) is 0 Å². The van der Waals surface area contributed by atoms with Gasteiger partial charge in [-0.15, -0.1) is 24.0 Å². The summed E-state index contributed by atoms with van der Waals surface area (Å²) in [6.07, 6.45) is 5.47. The van der Waals surface area contributed by atoms with E-state index in [0.717, 1.165) is 25.5 Å². The van der Waals surface area contributed by atoms with Crippen LogP contribution < -0.4 is 5.32 Å². The van der Waals surface area contributed by atoms with Gasteiger partial charge in [0.15, 0.2) is 5.96 Å². The van der Waals surface area contributed by atoms with Crippen molar-refractivity contribution in [1.82, 2.24) is 10.2 Å². The molecule has 142 valence electrons. The van der Waals surface area contributed by atoms with Crippen LogP contribution in [0.5, 0.6) is 0 Å². The molecule has 2 saturated heterocycles. The normalized spacial score (nSPS) is 38.4. The molecule has 0 amide bonds. The van der Waals surface area contributed by atoms with E-state index in [1.165, 1.54) is 26.4 Å². The van der Waals surface area contributed by atoms with E-state index in [2.05, 4.69) is 22.1 Å². The SMILES string of the molecule is CN=C(NC1C2CCOC2C12CCC2)N1CC(C)C(C(=O)OC)C1.I. The van der Waals surface area contributed by atoms with Gasteiger partial charge in [-0.25, -0.2) is 0 Å². The number of nitrogens with zero attached hydrogens (tertiary/aromatic N) is 2. The number of rotatable bonds is 2. The number of guanidine groups is 1. The highest BCUT2D eigenvalue weighted by molar-refractivity contribution is 14.0. The summed E-state index contributed by atoms with van der Waals surface area (Å²) in [6, 6.07) is 0.477. The monoisotopic (exact) mass is 463 g/mol. The number of fused-ring (bicyclic) bond motifs is 2. The minimum Gasteiger partial charge on any atom is -0.469 e. The fraction of sp³-hybridized carbons (Fsp3) is 0.889. The molecule has 4 fully saturated rings. The zero-order valence-corrected chi connectivity index (χ0v) is 17.7. The molecule has 1 spiro atoms. The molecule has 0 aromatic carbocycles. The molecule has 6 nitrogen and oxygen atoms in total. The van der Waals surface area contributed by atoms with Crippen LogP contribution in [0.15, 0.2) is 4.99 Å². The van der Waals surface area contributed by atoms with E-state index in [1.54, 1.807) is 0 Å². The molecule has 2 aliphatic heterocycles. The van der Waals surface area contributed by atoms with Gasteiger partial charge in [-0.1, -0.05) is 13.3 Å². The largest absolute Gasteiger partial charge is 0.469 e. The quantitative estimate of drug-likeness (QED) is 0.293. The van der Waals surface area contributed by atoms with E-state index in [0.29, 0.717) is 30.0 Å². The first kappa shape index (κ1) is 19.2. The van der Waals surface area contributed by atoms with Crippen molar-refractivity contribution in [2.24, 2.45) is 28.2 Å². The van der Waals surface area contributed by atoms with Gasteiger partial charge in [-0.3, -0.25) is 9.79 Å². The molecule has 0 aromatic heterocycles. The van der Waals surface area contributed by atoms with Crippen LogP contribution in [0, 0.1) is 23.2 Å². The lowest BCUT2D eigenvalue weighted by atomic mass is 9.46. The van der Waals surface area contributed by atoms with Crippen molar-refractivity contribution >= 4 is 35.9 Å². The summed E-state index contributed by atoms with van der Waals surface area (Å²) < 4.78 is 11.0. The minimum atomic E-state index is -0.108. The van der Waals surface area contributed by atoms with Crippen LogP contribution in [-0.4, -0.2) is 62.8 Å². The molecule has 2 aliphatic carbocycles. The van der Waals surface area contributed by atoms with Gasteiger partial charge in [-0.05, 0) is 25.2 Å². The Labute approximate surface area is 167 Å². The third-order valence-electron chi connectivity index (χ3n) is 6.95. The van der Waals surface area contributed by atoms with Gasteiger partial charge in [0.2, 0.25) is 0 Å². The topological polar surface area (TPSA) is 63.2 Å². The first-order valence-electron chi connectivity index (χ1n) is 9.28. The molecule has 0 radical (unpaired) electrons. The van der Waals surface area contributed by atoms with Crippen molar-refractivity contribution in [3.05, 3.63) is 0 Å². The minimum absolute atomic E-state index is 0. The summed E-state index contributed by atoms with van der Waals surface area (Å²) in [5.74, 6) is 1.69. The molecule has 7 heteroatoms. The first-order chi connectivity index (χ1) is 11.6. The van der Waals surface area contributed by atoms with Crippen LogP contribution in [0.1, 0.15) is 32.6 Å². The highest BCUT2D eigenvalue weighted by Gasteiger charge is 2.67. The molecule has 4 rings (SSSR count). The molecule has 0 aromatic rings. The first-order valence-corrected chi connectivity index (χ1v) is 9.28. The van der Waals surface area contributed by atoms with Gasteiger partial charge >= 0.3 is 5.97 Å². The Balaban J connectivity index is 0.00000182. The third-order valence-corrected chi connectivity index (χ3v) is 6.95. The fourth-order valence-electron chi connectivity index (χ4n) is 5.49. The molecular weight excluding hydrogens is 433 g/mol. The number of methoxy groups -OCH3 is 1. The lowest BCUT2D eigenvalue weighted by Crippen LogP contribution is -2.72. The van der Waals surface area contributed by atoms with E-state index in [-0.39, 0.29) is 41.8 Å². The molecule has 0 bridgehead atoms. The average Bonchev–Trinajstić information content (AvgIpc) is 3.11. The molecule has 4 aliphatic rings. The zero-order valence-electron chi connectivity index (χ0n) is 15.4. The van der Waals surface area contributed by atoms with E-state index in [9.17, 15) is 4.79 Å². The molecule has 2 heterocycles. The van der Waals surface area contributed by atoms with Gasteiger partial charge in [0.25, 0.3) is 0 Å². The highest BCUT2D eigenvalue weighted by atomic mass is 127. The number of hydrogen-bond acceptors (Lipinski definition) is 4. The van der Waals surface area contributed by atoms with Crippen molar-refractivity contribution < 1.29 is 14.3 Å². The van der Waals surface area contributed by atoms with Crippen LogP contribution in [0.3, 0.4) is 0 Å². The Morgan fingerprint density at radius 2 is 2.12 bits per heavy atom. The van der Waals surface area contributed by atoms with Crippen LogP contribution >= 0.6 is 24.0 Å². The van der Waals surface area contributed by atoms with Gasteiger partial charge in [0.05, 0.1) is 19.1 Å². The number of carbonyl (C=O) groups excluding carboxylic acids is 1. The Morgan fingerprint density at radius 1 is 1.36 bits per heavy atom. The van der Waals surface area contributed by atoms with Crippen LogP contribution in [0.4, 0.5) is 0 Å². The zero-order chi connectivity index (χ0) is 16.9. The number of halogens is 1. The molecule has 2 saturated carbocycles. The Bertz CT molecular complexity index is 552. The molecule has 25 heavy (non-hydrogen) atoms. The van der Waals surface area contributed by atoms with Gasteiger partial charge in [-0.2, -0.15) is 0 Å². The maximum atomic E-state index is 12.0. The number of nitrogens with one attached hydrogen (secondary N) is 1. The third kappa shape index (κ3) is 2.85. The number of hydrogen-bond donors (Lipinski definition) is 1. The van der Waals surface area contributed by atoms with Crippen molar-refractivity contribution in [3.63, 3.8) is 0 Å². The molecule has 1 N–H and O–H groups in total. The molecular formula is C18H30IN3O3. The number of esters is 1. The fourth-order valence-corrected chi connectivity index (χ4v) is 5.49. The molecule has 5 unspecified atom stereocenters. The van der Waals surface area contributed by atoms with E-state index >= 15 is 0 Å². The summed E-state index contributed by atoms with van der Waals surface area (Å²) in [4.78, 5) is 18.7. The second-order valence-electron chi connectivity index (χ2n) is 8.01. The van der Waals surface area contributed by atoms with Gasteiger partial charge < -0.3 is 19.7 Å². The number of likely N-dealkylation sites (tertiary alicyclic amines) is 1. The summed E-state index contributed by atoms with van der Waals surface area (Å²) in [6.45, 7) is 4.56. The molecule has 5 atom stereocenters. The summed E-state index contributed by atoms with van der Waals surface area (Å²) in [5, 5.41) is 3.75. The number of aliphatic imine (C=N–C) groups is 1. The van der Waals surface area contributed by atoms with Crippen LogP contribution in [0.2, 0.25) is 0 Å².